The monoisotopic (exact) mass is 209 g/mol. The number of hydrogen-bond donors (Lipinski definition) is 2. The van der Waals surface area contributed by atoms with Gasteiger partial charge in [0, 0.05) is 12.6 Å². The zero-order chi connectivity index (χ0) is 11.3. The molecule has 0 unspecified atom stereocenters. The van der Waals surface area contributed by atoms with Gasteiger partial charge in [-0.25, -0.2) is 0 Å². The van der Waals surface area contributed by atoms with E-state index in [1.54, 1.807) is 7.11 Å². The van der Waals surface area contributed by atoms with Crippen LogP contribution < -0.4 is 10.1 Å². The molecule has 1 aromatic rings. The maximum Gasteiger partial charge on any atom is 0.119 e. The molecule has 84 valence electrons. The van der Waals surface area contributed by atoms with Gasteiger partial charge in [-0.05, 0) is 17.7 Å². The lowest BCUT2D eigenvalue weighted by Crippen LogP contribution is -2.27. The molecule has 0 bridgehead atoms. The number of ether oxygens (including phenoxy) is 1. The first-order valence-electron chi connectivity index (χ1n) is 5.19. The van der Waals surface area contributed by atoms with Gasteiger partial charge in [0.15, 0.2) is 0 Å². The Balaban J connectivity index is 2.60. The fraction of sp³-hybridized carbons (Fsp3) is 0.500. The van der Waals surface area contributed by atoms with Gasteiger partial charge in [-0.15, -0.1) is 0 Å². The smallest absolute Gasteiger partial charge is 0.119 e. The highest BCUT2D eigenvalue weighted by molar-refractivity contribution is 5.29. The van der Waals surface area contributed by atoms with Crippen molar-refractivity contribution in [3.8, 4) is 5.75 Å². The molecule has 0 saturated heterocycles. The molecule has 15 heavy (non-hydrogen) atoms. The molecule has 2 N–H and O–H groups in total. The Morgan fingerprint density at radius 1 is 1.40 bits per heavy atom. The summed E-state index contributed by atoms with van der Waals surface area (Å²) in [5.41, 5.74) is 0.877. The highest BCUT2D eigenvalue weighted by Gasteiger charge is 2.08. The van der Waals surface area contributed by atoms with Crippen LogP contribution in [0.25, 0.3) is 0 Å². The summed E-state index contributed by atoms with van der Waals surface area (Å²) in [5.74, 6) is 0.774. The van der Waals surface area contributed by atoms with Crippen LogP contribution >= 0.6 is 0 Å². The Morgan fingerprint density at radius 2 is 2.13 bits per heavy atom. The lowest BCUT2D eigenvalue weighted by atomic mass is 10.1. The van der Waals surface area contributed by atoms with Gasteiger partial charge in [0.1, 0.15) is 5.75 Å². The second-order valence-corrected chi connectivity index (χ2v) is 3.86. The quantitative estimate of drug-likeness (QED) is 0.776. The topological polar surface area (TPSA) is 41.5 Å². The first-order valence-corrected chi connectivity index (χ1v) is 5.19. The second-order valence-electron chi connectivity index (χ2n) is 3.86. The fourth-order valence-electron chi connectivity index (χ4n) is 1.31. The molecular formula is C12H19NO2. The number of aliphatic hydroxyl groups is 1. The van der Waals surface area contributed by atoms with Crippen molar-refractivity contribution in [3.63, 3.8) is 0 Å². The molecule has 1 aromatic carbocycles. The van der Waals surface area contributed by atoms with E-state index in [-0.39, 0.29) is 0 Å². The van der Waals surface area contributed by atoms with Crippen LogP contribution in [0.2, 0.25) is 0 Å². The second kappa shape index (κ2) is 5.73. The summed E-state index contributed by atoms with van der Waals surface area (Å²) in [6.07, 6.45) is -0.484. The van der Waals surface area contributed by atoms with Gasteiger partial charge in [0.2, 0.25) is 0 Å². The minimum Gasteiger partial charge on any atom is -0.497 e. The molecule has 0 saturated carbocycles. The van der Waals surface area contributed by atoms with E-state index in [0.29, 0.717) is 12.6 Å². The first kappa shape index (κ1) is 12.0. The third kappa shape index (κ3) is 3.90. The number of methoxy groups -OCH3 is 1. The molecule has 0 radical (unpaired) electrons. The fourth-order valence-corrected chi connectivity index (χ4v) is 1.31. The van der Waals surface area contributed by atoms with Crippen LogP contribution in [0, 0.1) is 0 Å². The van der Waals surface area contributed by atoms with Crippen LogP contribution in [-0.4, -0.2) is 24.8 Å². The summed E-state index contributed by atoms with van der Waals surface area (Å²) in [6, 6.07) is 7.88. The third-order valence-corrected chi connectivity index (χ3v) is 2.20. The van der Waals surface area contributed by atoms with Gasteiger partial charge in [-0.1, -0.05) is 26.0 Å². The highest BCUT2D eigenvalue weighted by Crippen LogP contribution is 2.18. The molecule has 3 heteroatoms. The molecule has 0 aromatic heterocycles. The molecule has 3 nitrogen and oxygen atoms in total. The van der Waals surface area contributed by atoms with Crippen molar-refractivity contribution in [2.24, 2.45) is 0 Å². The van der Waals surface area contributed by atoms with Gasteiger partial charge >= 0.3 is 0 Å². The summed E-state index contributed by atoms with van der Waals surface area (Å²) < 4.78 is 5.10. The van der Waals surface area contributed by atoms with Crippen LogP contribution in [-0.2, 0) is 0 Å². The van der Waals surface area contributed by atoms with E-state index in [1.165, 1.54) is 0 Å². The third-order valence-electron chi connectivity index (χ3n) is 2.20. The van der Waals surface area contributed by atoms with Crippen LogP contribution in [0.15, 0.2) is 24.3 Å². The van der Waals surface area contributed by atoms with Crippen LogP contribution in [0.4, 0.5) is 0 Å². The van der Waals surface area contributed by atoms with Gasteiger partial charge in [-0.2, -0.15) is 0 Å². The first-order chi connectivity index (χ1) is 7.13. The lowest BCUT2D eigenvalue weighted by molar-refractivity contribution is 0.171. The number of aliphatic hydroxyl groups excluding tert-OH is 1. The van der Waals surface area contributed by atoms with Gasteiger partial charge in [0.05, 0.1) is 13.2 Å². The van der Waals surface area contributed by atoms with E-state index in [0.717, 1.165) is 11.3 Å². The van der Waals surface area contributed by atoms with Crippen molar-refractivity contribution in [1.29, 1.82) is 0 Å². The molecule has 1 rings (SSSR count). The van der Waals surface area contributed by atoms with Crippen LogP contribution in [0.5, 0.6) is 5.75 Å². The number of nitrogens with one attached hydrogen (secondary N) is 1. The molecule has 0 aliphatic carbocycles. The van der Waals surface area contributed by atoms with Crippen molar-refractivity contribution in [2.45, 2.75) is 26.0 Å². The zero-order valence-corrected chi connectivity index (χ0v) is 9.53. The lowest BCUT2D eigenvalue weighted by Gasteiger charge is -2.14. The molecular weight excluding hydrogens is 190 g/mol. The Labute approximate surface area is 91.1 Å². The van der Waals surface area contributed by atoms with Crippen molar-refractivity contribution in [2.75, 3.05) is 13.7 Å². The van der Waals surface area contributed by atoms with Gasteiger partial charge in [-0.3, -0.25) is 0 Å². The van der Waals surface area contributed by atoms with Gasteiger partial charge < -0.3 is 15.2 Å². The maximum absolute atomic E-state index is 9.87. The predicted molar refractivity (Wildman–Crippen MR) is 61.1 cm³/mol. The number of benzene rings is 1. The largest absolute Gasteiger partial charge is 0.497 e. The predicted octanol–water partition coefficient (Wildman–Crippen LogP) is 1.73. The molecule has 0 aliphatic rings. The summed E-state index contributed by atoms with van der Waals surface area (Å²) in [7, 11) is 1.62. The summed E-state index contributed by atoms with van der Waals surface area (Å²) >= 11 is 0. The Bertz CT molecular complexity index is 299. The summed E-state index contributed by atoms with van der Waals surface area (Å²) in [4.78, 5) is 0. The summed E-state index contributed by atoms with van der Waals surface area (Å²) in [5, 5.41) is 13.1. The van der Waals surface area contributed by atoms with Crippen molar-refractivity contribution in [3.05, 3.63) is 29.8 Å². The minimum absolute atomic E-state index is 0.380. The molecule has 0 amide bonds. The van der Waals surface area contributed by atoms with Crippen molar-refractivity contribution in [1.82, 2.24) is 5.32 Å². The Kier molecular flexibility index (Phi) is 4.59. The van der Waals surface area contributed by atoms with E-state index in [1.807, 2.05) is 24.3 Å². The standard InChI is InChI=1S/C12H19NO2/c1-9(2)13-8-12(14)10-5-4-6-11(7-10)15-3/h4-7,9,12-14H,8H2,1-3H3/t12-/m1/s1. The van der Waals surface area contributed by atoms with Crippen molar-refractivity contribution < 1.29 is 9.84 Å². The average Bonchev–Trinajstić information content (AvgIpc) is 2.26. The minimum atomic E-state index is -0.484. The van der Waals surface area contributed by atoms with E-state index in [2.05, 4.69) is 19.2 Å². The molecule has 0 spiro atoms. The van der Waals surface area contributed by atoms with Crippen LogP contribution in [0.3, 0.4) is 0 Å². The molecule has 1 atom stereocenters. The number of rotatable bonds is 5. The van der Waals surface area contributed by atoms with E-state index >= 15 is 0 Å². The van der Waals surface area contributed by atoms with Crippen molar-refractivity contribution >= 4 is 0 Å². The van der Waals surface area contributed by atoms with E-state index in [9.17, 15) is 5.11 Å². The van der Waals surface area contributed by atoms with E-state index < -0.39 is 6.10 Å². The average molecular weight is 209 g/mol. The Hall–Kier alpha value is -1.06. The molecule has 0 heterocycles. The summed E-state index contributed by atoms with van der Waals surface area (Å²) in [6.45, 7) is 4.67. The maximum atomic E-state index is 9.87. The Morgan fingerprint density at radius 3 is 2.73 bits per heavy atom. The van der Waals surface area contributed by atoms with Gasteiger partial charge in [0.25, 0.3) is 0 Å². The zero-order valence-electron chi connectivity index (χ0n) is 9.53. The number of hydrogen-bond acceptors (Lipinski definition) is 3. The SMILES string of the molecule is COc1cccc([C@H](O)CNC(C)C)c1. The molecule has 0 aliphatic heterocycles. The molecule has 0 fully saturated rings. The van der Waals surface area contributed by atoms with Crippen LogP contribution in [0.1, 0.15) is 25.5 Å². The normalized spacial score (nSPS) is 12.9. The highest BCUT2D eigenvalue weighted by atomic mass is 16.5. The van der Waals surface area contributed by atoms with E-state index in [4.69, 9.17) is 4.74 Å².